The van der Waals surface area contributed by atoms with Gasteiger partial charge in [0, 0.05) is 34.6 Å². The molecule has 7 heteroatoms. The Balaban J connectivity index is 0.000000593. The highest BCUT2D eigenvalue weighted by molar-refractivity contribution is 6.31. The van der Waals surface area contributed by atoms with Crippen LogP contribution in [0.5, 0.6) is 5.88 Å². The lowest BCUT2D eigenvalue weighted by Gasteiger charge is -2.13. The summed E-state index contributed by atoms with van der Waals surface area (Å²) in [5, 5.41) is 3.81. The van der Waals surface area contributed by atoms with Crippen molar-refractivity contribution in [1.29, 1.82) is 0 Å². The summed E-state index contributed by atoms with van der Waals surface area (Å²) in [7, 11) is 1.87. The molecule has 1 aromatic carbocycles. The molecule has 0 radical (unpaired) electrons. The number of pyridine rings is 1. The third kappa shape index (κ3) is 5.77. The van der Waals surface area contributed by atoms with Crippen molar-refractivity contribution in [3.63, 3.8) is 0 Å². The van der Waals surface area contributed by atoms with E-state index < -0.39 is 0 Å². The number of benzene rings is 1. The lowest BCUT2D eigenvalue weighted by molar-refractivity contribution is -0.109. The van der Waals surface area contributed by atoms with Gasteiger partial charge in [0.2, 0.25) is 12.3 Å². The molecule has 2 aromatic rings. The second kappa shape index (κ2) is 9.66. The number of hydrogen-bond acceptors (Lipinski definition) is 5. The van der Waals surface area contributed by atoms with E-state index in [2.05, 4.69) is 16.1 Å². The van der Waals surface area contributed by atoms with Crippen LogP contribution in [0.2, 0.25) is 5.02 Å². The molecule has 6 nitrogen and oxygen atoms in total. The zero-order valence-electron chi connectivity index (χ0n) is 13.4. The number of nitrogens with two attached hydrogens (primary N) is 1. The monoisotopic (exact) mass is 336 g/mol. The van der Waals surface area contributed by atoms with E-state index in [9.17, 15) is 0 Å². The van der Waals surface area contributed by atoms with Crippen LogP contribution in [0.15, 0.2) is 30.3 Å². The number of carbonyl (C=O) groups excluding carboxylic acids is 1. The molecule has 0 saturated carbocycles. The molecule has 0 saturated heterocycles. The number of carbonyl (C=O) groups is 1. The molecule has 0 bridgehead atoms. The Morgan fingerprint density at radius 3 is 2.61 bits per heavy atom. The summed E-state index contributed by atoms with van der Waals surface area (Å²) in [4.78, 5) is 13.3. The minimum atomic E-state index is 0.396. The van der Waals surface area contributed by atoms with E-state index in [1.807, 2.05) is 51.2 Å². The van der Waals surface area contributed by atoms with Gasteiger partial charge in [0.1, 0.15) is 6.61 Å². The molecule has 2 rings (SSSR count). The van der Waals surface area contributed by atoms with Gasteiger partial charge >= 0.3 is 0 Å². The molecule has 1 amide bonds. The molecule has 0 aliphatic rings. The fourth-order valence-electron chi connectivity index (χ4n) is 1.83. The summed E-state index contributed by atoms with van der Waals surface area (Å²) in [6.45, 7) is 4.32. The van der Waals surface area contributed by atoms with Gasteiger partial charge in [-0.15, -0.1) is 0 Å². The Hall–Kier alpha value is -2.31. The van der Waals surface area contributed by atoms with Gasteiger partial charge in [-0.1, -0.05) is 23.7 Å². The molecular formula is C16H21ClN4O2. The van der Waals surface area contributed by atoms with Gasteiger partial charge < -0.3 is 10.1 Å². The molecule has 1 heterocycles. The Morgan fingerprint density at radius 1 is 1.30 bits per heavy atom. The quantitative estimate of drug-likeness (QED) is 0.338. The van der Waals surface area contributed by atoms with Crippen molar-refractivity contribution in [2.45, 2.75) is 20.5 Å². The smallest absolute Gasteiger partial charge is 0.221 e. The van der Waals surface area contributed by atoms with Crippen LogP contribution in [0.1, 0.15) is 16.8 Å². The fourth-order valence-corrected chi connectivity index (χ4v) is 2.06. The molecule has 0 atom stereocenters. The Labute approximate surface area is 141 Å². The topological polar surface area (TPSA) is 89.3 Å². The van der Waals surface area contributed by atoms with Crippen molar-refractivity contribution in [1.82, 2.24) is 10.4 Å². The molecule has 0 unspecified atom stereocenters. The molecule has 124 valence electrons. The van der Waals surface area contributed by atoms with Gasteiger partial charge in [-0.2, -0.15) is 0 Å². The average molecular weight is 337 g/mol. The lowest BCUT2D eigenvalue weighted by atomic mass is 10.2. The molecule has 0 aliphatic carbocycles. The normalized spacial score (nSPS) is 9.43. The van der Waals surface area contributed by atoms with Crippen LogP contribution < -0.4 is 21.3 Å². The minimum absolute atomic E-state index is 0.396. The lowest BCUT2D eigenvalue weighted by Crippen LogP contribution is -2.18. The maximum Gasteiger partial charge on any atom is 0.221 e. The van der Waals surface area contributed by atoms with Crippen LogP contribution in [0.25, 0.3) is 0 Å². The Bertz CT molecular complexity index is 650. The van der Waals surface area contributed by atoms with Crippen molar-refractivity contribution in [2.75, 3.05) is 12.4 Å². The van der Waals surface area contributed by atoms with Gasteiger partial charge in [-0.05, 0) is 32.0 Å². The number of anilines is 1. The number of halogens is 1. The maximum atomic E-state index is 8.94. The number of amides is 1. The molecule has 0 fully saturated rings. The Kier molecular flexibility index (Phi) is 7.87. The minimum Gasteiger partial charge on any atom is -0.472 e. The SMILES string of the molecule is CNc1cccc(Cl)c1COc1nc(C)ccc1C.NNC=O. The van der Waals surface area contributed by atoms with Gasteiger partial charge in [-0.3, -0.25) is 10.2 Å². The van der Waals surface area contributed by atoms with Crippen LogP contribution in [0, 0.1) is 13.8 Å². The van der Waals surface area contributed by atoms with Crippen LogP contribution >= 0.6 is 11.6 Å². The van der Waals surface area contributed by atoms with Crippen LogP contribution in [0.3, 0.4) is 0 Å². The van der Waals surface area contributed by atoms with E-state index in [-0.39, 0.29) is 0 Å². The highest BCUT2D eigenvalue weighted by atomic mass is 35.5. The van der Waals surface area contributed by atoms with Crippen molar-refractivity contribution in [3.05, 3.63) is 52.2 Å². The third-order valence-electron chi connectivity index (χ3n) is 3.00. The number of rotatable bonds is 5. The number of hydrogen-bond donors (Lipinski definition) is 3. The standard InChI is InChI=1S/C15H17ClN2O.CH4N2O/c1-10-7-8-11(2)18-15(10)19-9-12-13(16)5-4-6-14(12)17-3;2-3-1-4/h4-8,17H,9H2,1-3H3;1H,2H2,(H,3,4). The predicted molar refractivity (Wildman–Crippen MR) is 92.4 cm³/mol. The maximum absolute atomic E-state index is 8.94. The van der Waals surface area contributed by atoms with Crippen molar-refractivity contribution >= 4 is 23.7 Å². The van der Waals surface area contributed by atoms with Crippen molar-refractivity contribution in [2.24, 2.45) is 5.84 Å². The van der Waals surface area contributed by atoms with E-state index in [0.717, 1.165) is 22.5 Å². The third-order valence-corrected chi connectivity index (χ3v) is 3.35. The number of hydrazine groups is 1. The van der Waals surface area contributed by atoms with Crippen LogP contribution in [-0.2, 0) is 11.4 Å². The average Bonchev–Trinajstić information content (AvgIpc) is 2.56. The largest absolute Gasteiger partial charge is 0.472 e. The molecule has 0 spiro atoms. The summed E-state index contributed by atoms with van der Waals surface area (Å²) in [6, 6.07) is 9.71. The molecule has 0 aliphatic heterocycles. The van der Waals surface area contributed by atoms with E-state index in [1.54, 1.807) is 5.43 Å². The molecule has 1 aromatic heterocycles. The van der Waals surface area contributed by atoms with Crippen LogP contribution in [0.4, 0.5) is 5.69 Å². The van der Waals surface area contributed by atoms with Gasteiger partial charge in [-0.25, -0.2) is 10.8 Å². The summed E-state index contributed by atoms with van der Waals surface area (Å²) in [5.74, 6) is 5.06. The first-order valence-corrected chi connectivity index (χ1v) is 7.33. The molecular weight excluding hydrogens is 316 g/mol. The first-order valence-electron chi connectivity index (χ1n) is 6.95. The second-order valence-corrected chi connectivity index (χ2v) is 5.07. The summed E-state index contributed by atoms with van der Waals surface area (Å²) in [5.41, 5.74) is 5.62. The number of aryl methyl sites for hydroxylation is 2. The van der Waals surface area contributed by atoms with E-state index in [4.69, 9.17) is 21.1 Å². The van der Waals surface area contributed by atoms with Gasteiger partial charge in [0.25, 0.3) is 0 Å². The van der Waals surface area contributed by atoms with Crippen molar-refractivity contribution < 1.29 is 9.53 Å². The van der Waals surface area contributed by atoms with E-state index >= 15 is 0 Å². The van der Waals surface area contributed by atoms with E-state index in [0.29, 0.717) is 23.9 Å². The first kappa shape index (κ1) is 18.7. The number of nitrogens with zero attached hydrogens (tertiary/aromatic N) is 1. The zero-order chi connectivity index (χ0) is 17.2. The Morgan fingerprint density at radius 2 is 2.00 bits per heavy atom. The zero-order valence-corrected chi connectivity index (χ0v) is 14.1. The van der Waals surface area contributed by atoms with Crippen molar-refractivity contribution in [3.8, 4) is 5.88 Å². The predicted octanol–water partition coefficient (Wildman–Crippen LogP) is 2.58. The molecule has 23 heavy (non-hydrogen) atoms. The highest BCUT2D eigenvalue weighted by Gasteiger charge is 2.08. The second-order valence-electron chi connectivity index (χ2n) is 4.66. The van der Waals surface area contributed by atoms with E-state index in [1.165, 1.54) is 0 Å². The summed E-state index contributed by atoms with van der Waals surface area (Å²) in [6.07, 6.45) is 0.403. The summed E-state index contributed by atoms with van der Waals surface area (Å²) >= 11 is 6.21. The highest BCUT2D eigenvalue weighted by Crippen LogP contribution is 2.26. The first-order chi connectivity index (χ1) is 11.0. The molecule has 4 N–H and O–H groups in total. The van der Waals surface area contributed by atoms with Crippen LogP contribution in [-0.4, -0.2) is 18.4 Å². The number of ether oxygens (including phenoxy) is 1. The fraction of sp³-hybridized carbons (Fsp3) is 0.250. The number of aromatic nitrogens is 1. The van der Waals surface area contributed by atoms with Gasteiger partial charge in [0.15, 0.2) is 0 Å². The summed E-state index contributed by atoms with van der Waals surface area (Å²) < 4.78 is 5.79. The van der Waals surface area contributed by atoms with Gasteiger partial charge in [0.05, 0.1) is 0 Å². The number of nitrogens with one attached hydrogen (secondary N) is 2.